The topological polar surface area (TPSA) is 96.4 Å². The molecule has 2 amide bonds. The first-order chi connectivity index (χ1) is 19.5. The largest absolute Gasteiger partial charge is 0.497 e. The van der Waals surface area contributed by atoms with Gasteiger partial charge in [-0.1, -0.05) is 54.6 Å². The van der Waals surface area contributed by atoms with E-state index < -0.39 is 34.6 Å². The second-order valence-corrected chi connectivity index (χ2v) is 12.0. The zero-order valence-corrected chi connectivity index (χ0v) is 23.0. The average molecular weight is 561 g/mol. The van der Waals surface area contributed by atoms with Crippen LogP contribution in [0.15, 0.2) is 78.9 Å². The molecule has 0 aromatic heterocycles. The summed E-state index contributed by atoms with van der Waals surface area (Å²) in [6.07, 6.45) is 9.45. The minimum atomic E-state index is -1.00. The molecular weight excluding hydrogens is 528 g/mol. The molecule has 6 rings (SSSR count). The lowest BCUT2D eigenvalue weighted by Gasteiger charge is -2.38. The predicted octanol–water partition coefficient (Wildman–Crippen LogP) is 3.52. The molecule has 6 atom stereocenters. The lowest BCUT2D eigenvalue weighted by molar-refractivity contribution is -0.153. The number of aliphatic hydroxyl groups excluding tert-OH is 1. The number of hydrogen-bond acceptors (Lipinski definition) is 7. The molecule has 4 heterocycles. The van der Waals surface area contributed by atoms with Crippen LogP contribution < -0.4 is 9.64 Å². The fourth-order valence-electron chi connectivity index (χ4n) is 6.55. The van der Waals surface area contributed by atoms with Gasteiger partial charge in [-0.25, -0.2) is 0 Å². The van der Waals surface area contributed by atoms with E-state index in [-0.39, 0.29) is 23.7 Å². The summed E-state index contributed by atoms with van der Waals surface area (Å²) in [6.45, 7) is 0.239. The molecular formula is C31H32N2O6S. The SMILES string of the molecule is COc1ccc(N2CC=C[C@]34S[C@H]5/C=C\CCCOC(=O)[C@H]5[C@H]3C(=O)N([C@H](CO)c3ccccc3)C4C2=O)cc1. The van der Waals surface area contributed by atoms with Crippen LogP contribution in [-0.2, 0) is 19.1 Å². The highest BCUT2D eigenvalue weighted by Crippen LogP contribution is 2.62. The van der Waals surface area contributed by atoms with Gasteiger partial charge < -0.3 is 24.4 Å². The van der Waals surface area contributed by atoms with E-state index in [0.717, 1.165) is 18.4 Å². The number of benzene rings is 2. The Morgan fingerprint density at radius 2 is 1.85 bits per heavy atom. The van der Waals surface area contributed by atoms with Crippen LogP contribution in [0.25, 0.3) is 0 Å². The molecule has 40 heavy (non-hydrogen) atoms. The number of hydrogen-bond donors (Lipinski definition) is 1. The molecule has 2 saturated heterocycles. The molecule has 2 aromatic carbocycles. The lowest BCUT2D eigenvalue weighted by Crippen LogP contribution is -2.54. The number of amides is 2. The number of anilines is 1. The second-order valence-electron chi connectivity index (χ2n) is 10.5. The van der Waals surface area contributed by atoms with Gasteiger partial charge >= 0.3 is 5.97 Å². The number of ether oxygens (including phenoxy) is 2. The number of aliphatic hydroxyl groups is 1. The second kappa shape index (κ2) is 10.8. The molecule has 4 aliphatic rings. The molecule has 0 radical (unpaired) electrons. The van der Waals surface area contributed by atoms with Crippen LogP contribution in [0.5, 0.6) is 5.75 Å². The van der Waals surface area contributed by atoms with Gasteiger partial charge in [0.25, 0.3) is 5.91 Å². The fraction of sp³-hybridized carbons (Fsp3) is 0.387. The highest BCUT2D eigenvalue weighted by molar-refractivity contribution is 8.02. The van der Waals surface area contributed by atoms with Crippen molar-refractivity contribution >= 4 is 35.2 Å². The molecule has 4 aliphatic heterocycles. The van der Waals surface area contributed by atoms with Gasteiger partial charge in [0.05, 0.1) is 42.9 Å². The van der Waals surface area contributed by atoms with E-state index in [1.165, 1.54) is 11.8 Å². The third-order valence-corrected chi connectivity index (χ3v) is 10.1. The molecule has 8 nitrogen and oxygen atoms in total. The maximum absolute atomic E-state index is 14.6. The van der Waals surface area contributed by atoms with Crippen LogP contribution in [0.1, 0.15) is 24.4 Å². The van der Waals surface area contributed by atoms with Crippen molar-refractivity contribution in [1.82, 2.24) is 4.90 Å². The zero-order valence-electron chi connectivity index (χ0n) is 22.2. The molecule has 208 valence electrons. The fourth-order valence-corrected chi connectivity index (χ4v) is 8.54. The summed E-state index contributed by atoms with van der Waals surface area (Å²) in [4.78, 5) is 45.9. The number of esters is 1. The van der Waals surface area contributed by atoms with Gasteiger partial charge in [-0.15, -0.1) is 11.8 Å². The number of rotatable bonds is 5. The summed E-state index contributed by atoms with van der Waals surface area (Å²) in [7, 11) is 1.59. The summed E-state index contributed by atoms with van der Waals surface area (Å²) in [5.41, 5.74) is 1.40. The van der Waals surface area contributed by atoms with E-state index in [0.29, 0.717) is 24.6 Å². The first-order valence-corrected chi connectivity index (χ1v) is 14.5. The maximum atomic E-state index is 14.6. The van der Waals surface area contributed by atoms with Crippen LogP contribution >= 0.6 is 11.8 Å². The average Bonchev–Trinajstić information content (AvgIpc) is 3.39. The Labute approximate surface area is 237 Å². The highest BCUT2D eigenvalue weighted by atomic mass is 32.2. The Morgan fingerprint density at radius 1 is 1.07 bits per heavy atom. The predicted molar refractivity (Wildman–Crippen MR) is 152 cm³/mol. The van der Waals surface area contributed by atoms with Crippen molar-refractivity contribution in [2.24, 2.45) is 11.8 Å². The smallest absolute Gasteiger partial charge is 0.311 e. The molecule has 1 N–H and O–H groups in total. The number of fused-ring (bicyclic) bond motifs is 2. The number of allylic oxidation sites excluding steroid dienone is 1. The molecule has 0 aliphatic carbocycles. The Morgan fingerprint density at radius 3 is 2.58 bits per heavy atom. The van der Waals surface area contributed by atoms with Crippen molar-refractivity contribution in [3.05, 3.63) is 84.5 Å². The van der Waals surface area contributed by atoms with Crippen molar-refractivity contribution in [2.45, 2.75) is 34.9 Å². The molecule has 0 bridgehead atoms. The highest BCUT2D eigenvalue weighted by Gasteiger charge is 2.71. The van der Waals surface area contributed by atoms with E-state index >= 15 is 0 Å². The van der Waals surface area contributed by atoms with Crippen molar-refractivity contribution in [2.75, 3.05) is 31.8 Å². The zero-order chi connectivity index (χ0) is 27.9. The Balaban J connectivity index is 1.50. The van der Waals surface area contributed by atoms with Crippen LogP contribution in [0, 0.1) is 11.8 Å². The summed E-state index contributed by atoms with van der Waals surface area (Å²) in [6, 6.07) is 14.8. The number of nitrogens with zero attached hydrogens (tertiary/aromatic N) is 2. The van der Waals surface area contributed by atoms with E-state index in [9.17, 15) is 19.5 Å². The normalized spacial score (nSPS) is 31.2. The lowest BCUT2D eigenvalue weighted by atomic mass is 9.78. The van der Waals surface area contributed by atoms with Gasteiger partial charge in [-0.2, -0.15) is 0 Å². The van der Waals surface area contributed by atoms with Crippen LogP contribution in [0.4, 0.5) is 5.69 Å². The monoisotopic (exact) mass is 560 g/mol. The third kappa shape index (κ3) is 4.23. The van der Waals surface area contributed by atoms with Gasteiger partial charge in [-0.3, -0.25) is 14.4 Å². The Kier molecular flexibility index (Phi) is 7.18. The van der Waals surface area contributed by atoms with E-state index in [1.54, 1.807) is 29.0 Å². The third-order valence-electron chi connectivity index (χ3n) is 8.37. The number of cyclic esters (lactones) is 1. The van der Waals surface area contributed by atoms with Gasteiger partial charge in [0, 0.05) is 17.5 Å². The maximum Gasteiger partial charge on any atom is 0.311 e. The molecule has 1 unspecified atom stereocenters. The Hall–Kier alpha value is -3.56. The molecule has 2 fully saturated rings. The number of carbonyl (C=O) groups excluding carboxylic acids is 3. The van der Waals surface area contributed by atoms with Crippen molar-refractivity contribution in [3.8, 4) is 5.75 Å². The summed E-state index contributed by atoms with van der Waals surface area (Å²) in [5, 5.41) is 10.3. The Bertz CT molecular complexity index is 1350. The number of methoxy groups -OCH3 is 1. The molecule has 9 heteroatoms. The quantitative estimate of drug-likeness (QED) is 0.442. The van der Waals surface area contributed by atoms with Gasteiger partial charge in [0.1, 0.15) is 11.8 Å². The van der Waals surface area contributed by atoms with Crippen molar-refractivity contribution in [3.63, 3.8) is 0 Å². The molecule has 2 aromatic rings. The standard InChI is InChI=1S/C31H32N2O6S/c1-38-22-14-12-21(13-15-22)32-17-8-16-31-26(25-24(40-31)11-6-3-7-18-39-30(25)37)28(35)33(27(31)29(32)36)23(19-34)20-9-4-2-5-10-20/h2,4-6,8-16,23-27,34H,3,7,17-19H2,1H3/b11-6-/t23-,24+,25-,26+,27?,31+/m1/s1. The summed E-state index contributed by atoms with van der Waals surface area (Å²) < 4.78 is 9.94. The van der Waals surface area contributed by atoms with E-state index in [1.807, 2.05) is 66.8 Å². The minimum absolute atomic E-state index is 0.253. The van der Waals surface area contributed by atoms with Crippen LogP contribution in [-0.4, -0.2) is 70.7 Å². The summed E-state index contributed by atoms with van der Waals surface area (Å²) in [5.74, 6) is -1.85. The van der Waals surface area contributed by atoms with Gasteiger partial charge in [0.2, 0.25) is 5.91 Å². The van der Waals surface area contributed by atoms with Crippen LogP contribution in [0.3, 0.4) is 0 Å². The number of likely N-dealkylation sites (tertiary alicyclic amines) is 1. The van der Waals surface area contributed by atoms with Crippen LogP contribution in [0.2, 0.25) is 0 Å². The van der Waals surface area contributed by atoms with Crippen molar-refractivity contribution < 1.29 is 29.0 Å². The summed E-state index contributed by atoms with van der Waals surface area (Å²) >= 11 is 1.50. The number of carbonyl (C=O) groups is 3. The minimum Gasteiger partial charge on any atom is -0.497 e. The van der Waals surface area contributed by atoms with Gasteiger partial charge in [0.15, 0.2) is 0 Å². The first kappa shape index (κ1) is 26.7. The van der Waals surface area contributed by atoms with E-state index in [2.05, 4.69) is 0 Å². The van der Waals surface area contributed by atoms with E-state index in [4.69, 9.17) is 9.47 Å². The molecule has 1 spiro atoms. The van der Waals surface area contributed by atoms with Gasteiger partial charge in [-0.05, 0) is 42.7 Å². The van der Waals surface area contributed by atoms with Crippen molar-refractivity contribution in [1.29, 1.82) is 0 Å². The first-order valence-electron chi connectivity index (χ1n) is 13.6. The molecule has 0 saturated carbocycles. The number of thioether (sulfide) groups is 1.